The van der Waals surface area contributed by atoms with Gasteiger partial charge in [-0.25, -0.2) is 4.79 Å². The van der Waals surface area contributed by atoms with E-state index in [1.807, 2.05) is 0 Å². The lowest BCUT2D eigenvalue weighted by Gasteiger charge is -2.33. The average molecular weight is 1240 g/mol. The third-order valence-corrected chi connectivity index (χ3v) is 16.4. The smallest absolute Gasteiger partial charge is 0.488 e. The van der Waals surface area contributed by atoms with Gasteiger partial charge < -0.3 is 86.8 Å². The molecule has 9 aromatic rings. The fraction of sp³-hybridized carbons (Fsp3) is 0.149. The number of amides is 6. The van der Waals surface area contributed by atoms with E-state index in [0.717, 1.165) is 4.90 Å². The van der Waals surface area contributed by atoms with Crippen molar-refractivity contribution < 1.29 is 78.6 Å². The van der Waals surface area contributed by atoms with E-state index in [2.05, 4.69) is 36.9 Å². The highest BCUT2D eigenvalue weighted by molar-refractivity contribution is 6.58. The van der Waals surface area contributed by atoms with Crippen molar-refractivity contribution in [2.75, 3.05) is 12.4 Å². The van der Waals surface area contributed by atoms with Gasteiger partial charge in [0.25, 0.3) is 0 Å². The predicted molar refractivity (Wildman–Crippen MR) is 332 cm³/mol. The number of benzene rings is 8. The number of anilines is 1. The number of aliphatic carboxylic acids is 1. The zero-order valence-corrected chi connectivity index (χ0v) is 48.5. The molecule has 24 nitrogen and oxygen atoms in total. The van der Waals surface area contributed by atoms with Crippen molar-refractivity contribution in [1.82, 2.24) is 36.5 Å². The number of H-pyrrole nitrogens is 1. The molecule has 6 aliphatic heterocycles. The minimum absolute atomic E-state index is 0.0122. The Morgan fingerprint density at radius 2 is 1.18 bits per heavy atom. The number of fused-ring (bicyclic) bond motifs is 14. The molecular weight excluding hydrogens is 1180 g/mol. The SMILES string of the molecule is CN1C(=O)[C@@H]2NC(=O)[C@@H]3NC(=O)[C@@H](c4ccc(O)cc4)NC(=O)[C@H](NC(=O)C(Nc4ccc(B(O)O)cc4)c4ccc(O)cc4)Cc4c[nH]c5cc(ccc45)-c4cc3cc(c4O)Oc3ccc(cc3)C[C@H]1C(=O)N[C@@H](C(=O)O)c1ccc(O)c(c1)Oc1ccc2cc1. The Morgan fingerprint density at radius 1 is 0.598 bits per heavy atom. The Hall–Kier alpha value is -11.8. The predicted octanol–water partition coefficient (Wildman–Crippen LogP) is 5.33. The molecule has 7 atom stereocenters. The van der Waals surface area contributed by atoms with Crippen LogP contribution in [-0.4, -0.2) is 113 Å². The van der Waals surface area contributed by atoms with Gasteiger partial charge in [0.15, 0.2) is 29.0 Å². The lowest BCUT2D eigenvalue weighted by molar-refractivity contribution is -0.145. The number of carboxylic acid groups (broad SMARTS) is 1. The molecule has 0 saturated carbocycles. The Morgan fingerprint density at radius 3 is 1.86 bits per heavy atom. The number of nitrogens with zero attached hydrogens (tertiary/aromatic N) is 1. The second-order valence-corrected chi connectivity index (χ2v) is 22.4. The van der Waals surface area contributed by atoms with E-state index < -0.39 is 96.6 Å². The molecule has 1 aromatic heterocycles. The van der Waals surface area contributed by atoms with Gasteiger partial charge in [0.05, 0.1) is 0 Å². The van der Waals surface area contributed by atoms with Crippen LogP contribution in [-0.2, 0) is 46.4 Å². The van der Waals surface area contributed by atoms with E-state index in [9.17, 15) is 50.0 Å². The van der Waals surface area contributed by atoms with Crippen molar-refractivity contribution in [2.45, 2.75) is 55.1 Å². The molecule has 6 amide bonds. The highest BCUT2D eigenvalue weighted by atomic mass is 16.5. The van der Waals surface area contributed by atoms with E-state index >= 15 is 19.2 Å². The van der Waals surface area contributed by atoms with Crippen LogP contribution in [0.25, 0.3) is 22.0 Å². The van der Waals surface area contributed by atoms with Crippen LogP contribution in [0, 0.1) is 0 Å². The molecular formula is C67H57BN8O16. The number of aromatic nitrogens is 1. The number of ether oxygens (including phenoxy) is 2. The number of phenols is 4. The topological polar surface area (TPSA) is 371 Å². The molecule has 0 aliphatic carbocycles. The standard InChI is InChI=1S/C67H57BN8O16/c1-76-51-26-33-2-20-45(21-3-33)92-54-31-39-27-48(60(54)80)37-10-24-47-40(32-69-49(47)28-37)29-50(71-63(83)55(34-4-16-43(77)17-5-34)70-42-14-12-41(13-15-42)68(89)90)61(81)72-56(35-6-18-44(78)19-7-35)64(84)73-57(39)65(85)74-58(66(76)86)36-8-22-46(23-9-36)91-53-30-38(11-25-52(53)79)59(67(87)88)75-62(51)82/h2-25,27-28,30-32,50-51,55-59,69-70,77-80,89-90H,26,29H2,1H3,(H,71,83)(H,72,81)(H,73,84)(H,74,85)(H,75,82)(H,87,88)/t50-,51+,55?,56-,57-,58-,59-/m1/s1. The summed E-state index contributed by atoms with van der Waals surface area (Å²) in [6.07, 6.45) is 1.19. The number of carboxylic acids is 1. The maximum absolute atomic E-state index is 15.8. The lowest BCUT2D eigenvalue weighted by Crippen LogP contribution is -2.55. The maximum Gasteiger partial charge on any atom is 0.488 e. The lowest BCUT2D eigenvalue weighted by atomic mass is 9.80. The molecule has 0 spiro atoms. The summed E-state index contributed by atoms with van der Waals surface area (Å²) in [6.45, 7) is 0. The van der Waals surface area contributed by atoms with Crippen molar-refractivity contribution in [3.8, 4) is 57.1 Å². The fourth-order valence-electron chi connectivity index (χ4n) is 11.4. The van der Waals surface area contributed by atoms with Gasteiger partial charge in [-0.05, 0) is 141 Å². The minimum atomic E-state index is -1.89. The van der Waals surface area contributed by atoms with Crippen molar-refractivity contribution in [3.63, 3.8) is 0 Å². The molecule has 15 bridgehead atoms. The average Bonchev–Trinajstić information content (AvgIpc) is 1.34. The van der Waals surface area contributed by atoms with Crippen molar-refractivity contribution in [2.24, 2.45) is 0 Å². The molecule has 25 heteroatoms. The van der Waals surface area contributed by atoms with Gasteiger partial charge in [-0.2, -0.15) is 0 Å². The van der Waals surface area contributed by atoms with Gasteiger partial charge in [-0.3, -0.25) is 28.8 Å². The molecule has 0 radical (unpaired) electrons. The summed E-state index contributed by atoms with van der Waals surface area (Å²) in [5.41, 5.74) is 2.95. The number of carbonyl (C=O) groups is 7. The molecule has 92 heavy (non-hydrogen) atoms. The first-order valence-corrected chi connectivity index (χ1v) is 28.9. The monoisotopic (exact) mass is 1240 g/mol. The first kappa shape index (κ1) is 60.5. The Labute approximate surface area is 523 Å². The molecule has 464 valence electrons. The van der Waals surface area contributed by atoms with Gasteiger partial charge in [0.2, 0.25) is 35.4 Å². The highest BCUT2D eigenvalue weighted by Crippen LogP contribution is 2.44. The number of phenolic OH excluding ortho intramolecular Hbond substituents is 4. The third-order valence-electron chi connectivity index (χ3n) is 16.4. The summed E-state index contributed by atoms with van der Waals surface area (Å²) < 4.78 is 12.5. The number of nitrogens with one attached hydrogen (secondary N) is 7. The van der Waals surface area contributed by atoms with Crippen LogP contribution in [0.2, 0.25) is 0 Å². The first-order chi connectivity index (χ1) is 44.2. The van der Waals surface area contributed by atoms with Gasteiger partial charge in [0, 0.05) is 48.2 Å². The molecule has 1 unspecified atom stereocenters. The third kappa shape index (κ3) is 12.5. The quantitative estimate of drug-likeness (QED) is 0.0855. The summed E-state index contributed by atoms with van der Waals surface area (Å²) in [7, 11) is -0.473. The largest absolute Gasteiger partial charge is 0.508 e. The normalized spacial score (nSPS) is 19.4. The Bertz CT molecular complexity index is 4380. The number of likely N-dealkylation sites (N-methyl/N-ethyl adjacent to an activating group) is 1. The zero-order chi connectivity index (χ0) is 64.6. The van der Waals surface area contributed by atoms with Gasteiger partial charge in [-0.1, -0.05) is 78.9 Å². The van der Waals surface area contributed by atoms with Crippen LogP contribution in [0.1, 0.15) is 69.2 Å². The van der Waals surface area contributed by atoms with E-state index in [1.54, 1.807) is 36.5 Å². The van der Waals surface area contributed by atoms with E-state index in [-0.39, 0.29) is 86.4 Å². The van der Waals surface area contributed by atoms with Crippen molar-refractivity contribution in [1.29, 1.82) is 0 Å². The molecule has 15 rings (SSSR count). The van der Waals surface area contributed by atoms with Crippen LogP contribution in [0.4, 0.5) is 5.69 Å². The summed E-state index contributed by atoms with van der Waals surface area (Å²) in [6, 6.07) is 29.1. The highest BCUT2D eigenvalue weighted by Gasteiger charge is 2.40. The van der Waals surface area contributed by atoms with Crippen LogP contribution in [0.15, 0.2) is 176 Å². The molecule has 8 aromatic carbocycles. The van der Waals surface area contributed by atoms with Crippen molar-refractivity contribution >= 4 is 70.6 Å². The number of aromatic amines is 1. The molecule has 0 fully saturated rings. The molecule has 0 saturated heterocycles. The minimum Gasteiger partial charge on any atom is -0.508 e. The summed E-state index contributed by atoms with van der Waals surface area (Å²) in [5, 5.41) is 91.7. The summed E-state index contributed by atoms with van der Waals surface area (Å²) in [5.74, 6) is -8.37. The number of hydrogen-bond donors (Lipinski definition) is 14. The molecule has 6 aliphatic rings. The number of carbonyl (C=O) groups excluding carboxylic acids is 6. The van der Waals surface area contributed by atoms with Crippen LogP contribution < -0.4 is 46.8 Å². The van der Waals surface area contributed by atoms with E-state index in [1.165, 1.54) is 147 Å². The number of aromatic hydroxyl groups is 4. The van der Waals surface area contributed by atoms with Gasteiger partial charge in [-0.15, -0.1) is 0 Å². The van der Waals surface area contributed by atoms with Crippen LogP contribution >= 0.6 is 0 Å². The van der Waals surface area contributed by atoms with Crippen LogP contribution in [0.5, 0.6) is 46.0 Å². The van der Waals surface area contributed by atoms with Crippen LogP contribution in [0.3, 0.4) is 0 Å². The Kier molecular flexibility index (Phi) is 16.4. The summed E-state index contributed by atoms with van der Waals surface area (Å²) in [4.78, 5) is 109. The van der Waals surface area contributed by atoms with Gasteiger partial charge >= 0.3 is 13.1 Å². The Balaban J connectivity index is 0.998. The maximum atomic E-state index is 15.8. The van der Waals surface area contributed by atoms with E-state index in [4.69, 9.17) is 9.47 Å². The first-order valence-electron chi connectivity index (χ1n) is 28.9. The number of rotatable bonds is 8. The second kappa shape index (κ2) is 25.0. The van der Waals surface area contributed by atoms with E-state index in [0.29, 0.717) is 38.8 Å². The van der Waals surface area contributed by atoms with Crippen molar-refractivity contribution in [3.05, 3.63) is 215 Å². The molecule has 14 N–H and O–H groups in total. The van der Waals surface area contributed by atoms with Gasteiger partial charge in [0.1, 0.15) is 59.2 Å². The second-order valence-electron chi connectivity index (χ2n) is 22.4. The number of hydrogen-bond acceptors (Lipinski definition) is 16. The zero-order valence-electron chi connectivity index (χ0n) is 48.5. The molecule has 7 heterocycles. The fourth-order valence-corrected chi connectivity index (χ4v) is 11.4. The summed E-state index contributed by atoms with van der Waals surface area (Å²) >= 11 is 0.